The number of amides is 2. The minimum Gasteiger partial charge on any atom is -0.493 e. The molecule has 0 radical (unpaired) electrons. The van der Waals surface area contributed by atoms with Crippen LogP contribution in [0.2, 0.25) is 0 Å². The third-order valence-corrected chi connectivity index (χ3v) is 5.16. The Hall–Kier alpha value is -1.75. The summed E-state index contributed by atoms with van der Waals surface area (Å²) >= 11 is 0. The van der Waals surface area contributed by atoms with Crippen molar-refractivity contribution >= 4 is 6.03 Å². The van der Waals surface area contributed by atoms with Gasteiger partial charge in [0, 0.05) is 30.6 Å². The number of nitrogens with one attached hydrogen (secondary N) is 2. The number of urea groups is 1. The highest BCUT2D eigenvalue weighted by molar-refractivity contribution is 5.74. The molecule has 3 atom stereocenters. The molecule has 0 aliphatic carbocycles. The first-order valence-corrected chi connectivity index (χ1v) is 9.15. The third kappa shape index (κ3) is 4.01. The van der Waals surface area contributed by atoms with Crippen LogP contribution in [0.1, 0.15) is 38.2 Å². The van der Waals surface area contributed by atoms with Crippen LogP contribution in [0, 0.1) is 5.92 Å². The second-order valence-electron chi connectivity index (χ2n) is 7.05. The summed E-state index contributed by atoms with van der Waals surface area (Å²) in [5.41, 5.74) is 1.19. The van der Waals surface area contributed by atoms with Gasteiger partial charge in [0.15, 0.2) is 0 Å². The second-order valence-corrected chi connectivity index (χ2v) is 7.05. The minimum atomic E-state index is -0.0687. The zero-order chi connectivity index (χ0) is 16.9. The largest absolute Gasteiger partial charge is 0.493 e. The Morgan fingerprint density at radius 1 is 1.42 bits per heavy atom. The van der Waals surface area contributed by atoms with Crippen molar-refractivity contribution in [2.75, 3.05) is 32.8 Å². The van der Waals surface area contributed by atoms with E-state index in [0.29, 0.717) is 12.5 Å². The Kier molecular flexibility index (Phi) is 5.61. The fourth-order valence-corrected chi connectivity index (χ4v) is 3.80. The molecule has 2 amide bonds. The van der Waals surface area contributed by atoms with Crippen LogP contribution in [-0.4, -0.2) is 49.8 Å². The van der Waals surface area contributed by atoms with E-state index in [1.807, 2.05) is 25.1 Å². The normalized spacial score (nSPS) is 24.2. The zero-order valence-corrected chi connectivity index (χ0v) is 14.8. The zero-order valence-electron chi connectivity index (χ0n) is 14.8. The van der Waals surface area contributed by atoms with Crippen molar-refractivity contribution in [1.29, 1.82) is 0 Å². The molecule has 24 heavy (non-hydrogen) atoms. The first-order valence-electron chi connectivity index (χ1n) is 9.15. The summed E-state index contributed by atoms with van der Waals surface area (Å²) in [5.74, 6) is 1.74. The quantitative estimate of drug-likeness (QED) is 0.842. The number of carbonyl (C=O) groups excluding carboxylic acids is 1. The maximum Gasteiger partial charge on any atom is 0.315 e. The number of rotatable bonds is 6. The molecule has 0 aromatic heterocycles. The van der Waals surface area contributed by atoms with Gasteiger partial charge in [-0.25, -0.2) is 4.79 Å². The van der Waals surface area contributed by atoms with Gasteiger partial charge in [-0.3, -0.25) is 0 Å². The minimum absolute atomic E-state index is 0.0498. The number of likely N-dealkylation sites (tertiary alicyclic amines) is 1. The Labute approximate surface area is 144 Å². The topological polar surface area (TPSA) is 53.6 Å². The van der Waals surface area contributed by atoms with Crippen LogP contribution in [0.3, 0.4) is 0 Å². The van der Waals surface area contributed by atoms with Crippen LogP contribution in [0.4, 0.5) is 4.79 Å². The predicted octanol–water partition coefficient (Wildman–Crippen LogP) is 2.58. The van der Waals surface area contributed by atoms with Crippen LogP contribution in [0.5, 0.6) is 5.75 Å². The monoisotopic (exact) mass is 331 g/mol. The molecule has 5 heteroatoms. The summed E-state index contributed by atoms with van der Waals surface area (Å²) in [5, 5.41) is 6.13. The van der Waals surface area contributed by atoms with Gasteiger partial charge in [0.1, 0.15) is 5.75 Å². The van der Waals surface area contributed by atoms with Crippen LogP contribution < -0.4 is 15.4 Å². The summed E-state index contributed by atoms with van der Waals surface area (Å²) in [6.07, 6.45) is 2.38. The predicted molar refractivity (Wildman–Crippen MR) is 95.5 cm³/mol. The van der Waals surface area contributed by atoms with Gasteiger partial charge in [0.05, 0.1) is 6.61 Å². The summed E-state index contributed by atoms with van der Waals surface area (Å²) in [6, 6.07) is 8.06. The summed E-state index contributed by atoms with van der Waals surface area (Å²) < 4.78 is 5.71. The Morgan fingerprint density at radius 2 is 2.25 bits per heavy atom. The molecule has 2 aliphatic rings. The van der Waals surface area contributed by atoms with E-state index in [9.17, 15) is 4.79 Å². The number of para-hydroxylation sites is 1. The molecule has 3 rings (SSSR count). The smallest absolute Gasteiger partial charge is 0.315 e. The van der Waals surface area contributed by atoms with Crippen molar-refractivity contribution in [2.45, 2.75) is 38.6 Å². The van der Waals surface area contributed by atoms with Crippen molar-refractivity contribution in [1.82, 2.24) is 15.5 Å². The lowest BCUT2D eigenvalue weighted by atomic mass is 9.94. The van der Waals surface area contributed by atoms with Crippen molar-refractivity contribution in [3.8, 4) is 5.75 Å². The molecule has 1 aromatic rings. The first kappa shape index (κ1) is 17.1. The molecule has 5 nitrogen and oxygen atoms in total. The van der Waals surface area contributed by atoms with Crippen molar-refractivity contribution in [3.05, 3.63) is 29.8 Å². The molecule has 0 saturated carbocycles. The van der Waals surface area contributed by atoms with Gasteiger partial charge in [0.25, 0.3) is 0 Å². The Morgan fingerprint density at radius 3 is 3.08 bits per heavy atom. The number of fused-ring (bicyclic) bond motifs is 1. The maximum atomic E-state index is 12.2. The van der Waals surface area contributed by atoms with Gasteiger partial charge < -0.3 is 20.3 Å². The average Bonchev–Trinajstić information content (AvgIpc) is 3.20. The Bertz CT molecular complexity index is 563. The molecule has 2 N–H and O–H groups in total. The van der Waals surface area contributed by atoms with E-state index in [1.165, 1.54) is 24.9 Å². The summed E-state index contributed by atoms with van der Waals surface area (Å²) in [4.78, 5) is 14.7. The van der Waals surface area contributed by atoms with Crippen LogP contribution in [0.25, 0.3) is 0 Å². The van der Waals surface area contributed by atoms with E-state index in [0.717, 1.165) is 25.4 Å². The van der Waals surface area contributed by atoms with Crippen molar-refractivity contribution in [3.63, 3.8) is 0 Å². The summed E-state index contributed by atoms with van der Waals surface area (Å²) in [7, 11) is 0. The van der Waals surface area contributed by atoms with Gasteiger partial charge in [-0.05, 0) is 44.8 Å². The first-order chi connectivity index (χ1) is 11.7. The molecule has 3 unspecified atom stereocenters. The Balaban J connectivity index is 1.43. The average molecular weight is 331 g/mol. The SMILES string of the molecule is CCCN1CCC(CNC(=O)NC(C)C2COc3ccccc32)C1. The van der Waals surface area contributed by atoms with Crippen LogP contribution in [-0.2, 0) is 0 Å². The second kappa shape index (κ2) is 7.88. The fourth-order valence-electron chi connectivity index (χ4n) is 3.80. The number of ether oxygens (including phenoxy) is 1. The van der Waals surface area contributed by atoms with E-state index in [2.05, 4.69) is 28.5 Å². The lowest BCUT2D eigenvalue weighted by molar-refractivity contribution is 0.231. The molecule has 1 saturated heterocycles. The van der Waals surface area contributed by atoms with E-state index >= 15 is 0 Å². The van der Waals surface area contributed by atoms with E-state index < -0.39 is 0 Å². The van der Waals surface area contributed by atoms with Crippen molar-refractivity contribution in [2.24, 2.45) is 5.92 Å². The number of carbonyl (C=O) groups is 1. The van der Waals surface area contributed by atoms with E-state index in [1.54, 1.807) is 0 Å². The number of benzene rings is 1. The lowest BCUT2D eigenvalue weighted by Gasteiger charge is -2.21. The molecule has 2 heterocycles. The third-order valence-electron chi connectivity index (χ3n) is 5.16. The number of nitrogens with zero attached hydrogens (tertiary/aromatic N) is 1. The van der Waals surface area contributed by atoms with E-state index in [4.69, 9.17) is 4.74 Å². The van der Waals surface area contributed by atoms with Gasteiger partial charge in [0.2, 0.25) is 0 Å². The maximum absolute atomic E-state index is 12.2. The molecule has 1 aromatic carbocycles. The highest BCUT2D eigenvalue weighted by Gasteiger charge is 2.29. The molecule has 132 valence electrons. The van der Waals surface area contributed by atoms with Crippen LogP contribution >= 0.6 is 0 Å². The van der Waals surface area contributed by atoms with Gasteiger partial charge in [-0.1, -0.05) is 25.1 Å². The van der Waals surface area contributed by atoms with Crippen LogP contribution in [0.15, 0.2) is 24.3 Å². The van der Waals surface area contributed by atoms with Gasteiger partial charge >= 0.3 is 6.03 Å². The van der Waals surface area contributed by atoms with Crippen molar-refractivity contribution < 1.29 is 9.53 Å². The molecular formula is C19H29N3O2. The van der Waals surface area contributed by atoms with Gasteiger partial charge in [-0.2, -0.15) is 0 Å². The molecule has 0 bridgehead atoms. The standard InChI is InChI=1S/C19H29N3O2/c1-3-9-22-10-8-15(12-22)11-20-19(23)21-14(2)17-13-24-18-7-5-4-6-16(17)18/h4-7,14-15,17H,3,8-13H2,1-2H3,(H2,20,21,23). The molecule has 1 fully saturated rings. The highest BCUT2D eigenvalue weighted by Crippen LogP contribution is 2.35. The number of hydrogen-bond donors (Lipinski definition) is 2. The molecule has 2 aliphatic heterocycles. The number of hydrogen-bond acceptors (Lipinski definition) is 3. The molecule has 0 spiro atoms. The van der Waals surface area contributed by atoms with E-state index in [-0.39, 0.29) is 18.0 Å². The van der Waals surface area contributed by atoms with Gasteiger partial charge in [-0.15, -0.1) is 0 Å². The lowest BCUT2D eigenvalue weighted by Crippen LogP contribution is -2.45. The summed E-state index contributed by atoms with van der Waals surface area (Å²) in [6.45, 7) is 9.09. The molecular weight excluding hydrogens is 302 g/mol. The highest BCUT2D eigenvalue weighted by atomic mass is 16.5. The fraction of sp³-hybridized carbons (Fsp3) is 0.632.